The van der Waals surface area contributed by atoms with Crippen molar-refractivity contribution in [3.8, 4) is 0 Å². The summed E-state index contributed by atoms with van der Waals surface area (Å²) < 4.78 is 4.44. The van der Waals surface area contributed by atoms with Crippen molar-refractivity contribution in [2.45, 2.75) is 20.4 Å². The van der Waals surface area contributed by atoms with E-state index in [1.807, 2.05) is 43.7 Å². The average Bonchev–Trinajstić information content (AvgIpc) is 3.00. The van der Waals surface area contributed by atoms with E-state index in [1.165, 1.54) is 10.2 Å². The van der Waals surface area contributed by atoms with Crippen molar-refractivity contribution >= 4 is 32.6 Å². The Morgan fingerprint density at radius 2 is 2.09 bits per heavy atom. The molecule has 0 saturated heterocycles. The summed E-state index contributed by atoms with van der Waals surface area (Å²) in [6.07, 6.45) is 1.78. The Bertz CT molecular complexity index is 1100. The van der Waals surface area contributed by atoms with Crippen LogP contribution in [0, 0.1) is 13.8 Å². The Morgan fingerprint density at radius 1 is 1.26 bits per heavy atom. The molecule has 0 fully saturated rings. The summed E-state index contributed by atoms with van der Waals surface area (Å²) >= 11 is 1.60. The van der Waals surface area contributed by atoms with E-state index in [0.717, 1.165) is 26.3 Å². The number of aromatic nitrogens is 4. The summed E-state index contributed by atoms with van der Waals surface area (Å²) in [7, 11) is 1.89. The van der Waals surface area contributed by atoms with E-state index in [1.54, 1.807) is 17.5 Å². The first kappa shape index (κ1) is 14.1. The number of fused-ring (bicyclic) bond motifs is 3. The van der Waals surface area contributed by atoms with Gasteiger partial charge in [0.25, 0.3) is 5.56 Å². The predicted octanol–water partition coefficient (Wildman–Crippen LogP) is 3.01. The van der Waals surface area contributed by atoms with E-state index in [9.17, 15) is 4.79 Å². The maximum Gasteiger partial charge on any atom is 0.291 e. The summed E-state index contributed by atoms with van der Waals surface area (Å²) in [6.45, 7) is 4.49. The molecular weight excluding hydrogens is 308 g/mol. The zero-order valence-electron chi connectivity index (χ0n) is 13.2. The van der Waals surface area contributed by atoms with E-state index < -0.39 is 0 Å². The third-order valence-electron chi connectivity index (χ3n) is 4.05. The third-order valence-corrected chi connectivity index (χ3v) is 5.04. The molecule has 6 heteroatoms. The smallest absolute Gasteiger partial charge is 0.291 e. The molecule has 0 saturated carbocycles. The second kappa shape index (κ2) is 5.03. The van der Waals surface area contributed by atoms with Gasteiger partial charge in [0.1, 0.15) is 5.52 Å². The highest BCUT2D eigenvalue weighted by Gasteiger charge is 2.17. The van der Waals surface area contributed by atoms with E-state index in [2.05, 4.69) is 16.1 Å². The molecule has 0 bridgehead atoms. The highest BCUT2D eigenvalue weighted by Crippen LogP contribution is 2.30. The lowest BCUT2D eigenvalue weighted by atomic mass is 10.1. The molecule has 0 aliphatic heterocycles. The summed E-state index contributed by atoms with van der Waals surface area (Å²) in [6, 6.07) is 8.13. The van der Waals surface area contributed by atoms with Gasteiger partial charge in [-0.05, 0) is 19.4 Å². The zero-order valence-corrected chi connectivity index (χ0v) is 14.0. The van der Waals surface area contributed by atoms with Crippen LogP contribution in [0.1, 0.15) is 16.1 Å². The fourth-order valence-electron chi connectivity index (χ4n) is 2.99. The lowest BCUT2D eigenvalue weighted by Gasteiger charge is -2.06. The molecule has 3 heterocycles. The first-order valence-electron chi connectivity index (χ1n) is 7.42. The van der Waals surface area contributed by atoms with Gasteiger partial charge >= 0.3 is 0 Å². The molecule has 0 radical (unpaired) electrons. The van der Waals surface area contributed by atoms with Gasteiger partial charge in [-0.15, -0.1) is 11.3 Å². The first-order valence-corrected chi connectivity index (χ1v) is 8.23. The Balaban J connectivity index is 1.91. The number of aryl methyl sites for hydroxylation is 3. The molecular formula is C17H16N4OS. The molecule has 1 aromatic carbocycles. The summed E-state index contributed by atoms with van der Waals surface area (Å²) in [5, 5.41) is 6.26. The molecule has 4 rings (SSSR count). The number of hydrogen-bond acceptors (Lipinski definition) is 4. The Kier molecular flexibility index (Phi) is 3.09. The average molecular weight is 324 g/mol. The van der Waals surface area contributed by atoms with Crippen LogP contribution < -0.4 is 5.56 Å². The molecule has 0 unspecified atom stereocenters. The van der Waals surface area contributed by atoms with Crippen LogP contribution in [0.15, 0.2) is 35.3 Å². The minimum atomic E-state index is -0.0747. The van der Waals surface area contributed by atoms with E-state index in [0.29, 0.717) is 12.1 Å². The highest BCUT2D eigenvalue weighted by molar-refractivity contribution is 7.19. The number of benzene rings is 1. The SMILES string of the molecule is Cc1cccc(Cn2ncc3c4sc(C)nc4n(C)c3c2=O)c1. The molecule has 0 aliphatic rings. The molecule has 0 aliphatic carbocycles. The largest absolute Gasteiger partial charge is 0.323 e. The lowest BCUT2D eigenvalue weighted by molar-refractivity contribution is 0.644. The van der Waals surface area contributed by atoms with Crippen LogP contribution in [0.25, 0.3) is 21.3 Å². The van der Waals surface area contributed by atoms with Gasteiger partial charge in [0.15, 0.2) is 5.65 Å². The predicted molar refractivity (Wildman–Crippen MR) is 93.2 cm³/mol. The minimum Gasteiger partial charge on any atom is -0.323 e. The molecule has 5 nitrogen and oxygen atoms in total. The monoisotopic (exact) mass is 324 g/mol. The van der Waals surface area contributed by atoms with Crippen molar-refractivity contribution in [1.29, 1.82) is 0 Å². The van der Waals surface area contributed by atoms with Gasteiger partial charge in [-0.1, -0.05) is 29.8 Å². The van der Waals surface area contributed by atoms with Crippen LogP contribution in [0.2, 0.25) is 0 Å². The second-order valence-corrected chi connectivity index (χ2v) is 7.01. The Morgan fingerprint density at radius 3 is 2.87 bits per heavy atom. The fraction of sp³-hybridized carbons (Fsp3) is 0.235. The van der Waals surface area contributed by atoms with Crippen molar-refractivity contribution < 1.29 is 0 Å². The maximum atomic E-state index is 12.8. The van der Waals surface area contributed by atoms with Crippen molar-refractivity contribution in [2.24, 2.45) is 7.05 Å². The summed E-state index contributed by atoms with van der Waals surface area (Å²) in [5.41, 5.74) is 3.70. The van der Waals surface area contributed by atoms with Crippen molar-refractivity contribution in [2.75, 3.05) is 0 Å². The van der Waals surface area contributed by atoms with Crippen LogP contribution in [-0.4, -0.2) is 19.3 Å². The van der Waals surface area contributed by atoms with Gasteiger partial charge in [0.05, 0.1) is 22.4 Å². The molecule has 23 heavy (non-hydrogen) atoms. The molecule has 0 spiro atoms. The van der Waals surface area contributed by atoms with Crippen LogP contribution in [0.4, 0.5) is 0 Å². The topological polar surface area (TPSA) is 52.7 Å². The van der Waals surface area contributed by atoms with E-state index >= 15 is 0 Å². The molecule has 4 aromatic rings. The molecule has 116 valence electrons. The molecule has 0 amide bonds. The summed E-state index contributed by atoms with van der Waals surface area (Å²) in [5.74, 6) is 0. The van der Waals surface area contributed by atoms with Gasteiger partial charge in [-0.2, -0.15) is 5.10 Å². The maximum absolute atomic E-state index is 12.8. The number of rotatable bonds is 2. The van der Waals surface area contributed by atoms with Gasteiger partial charge in [0, 0.05) is 12.4 Å². The number of hydrogen-bond donors (Lipinski definition) is 0. The van der Waals surface area contributed by atoms with Crippen LogP contribution in [-0.2, 0) is 13.6 Å². The lowest BCUT2D eigenvalue weighted by Crippen LogP contribution is -2.24. The van der Waals surface area contributed by atoms with E-state index in [4.69, 9.17) is 0 Å². The quantitative estimate of drug-likeness (QED) is 0.569. The normalized spacial score (nSPS) is 11.6. The Labute approximate surface area is 136 Å². The Hall–Kier alpha value is -2.47. The van der Waals surface area contributed by atoms with Crippen LogP contribution in [0.3, 0.4) is 0 Å². The van der Waals surface area contributed by atoms with Crippen LogP contribution in [0.5, 0.6) is 0 Å². The second-order valence-electron chi connectivity index (χ2n) is 5.80. The van der Waals surface area contributed by atoms with Gasteiger partial charge < -0.3 is 4.57 Å². The number of thiazole rings is 1. The van der Waals surface area contributed by atoms with Gasteiger partial charge in [-0.25, -0.2) is 9.67 Å². The van der Waals surface area contributed by atoms with E-state index in [-0.39, 0.29) is 5.56 Å². The standard InChI is InChI=1S/C17H16N4OS/c1-10-5-4-6-12(7-10)9-21-17(22)14-13(8-18-21)15-16(20(14)3)19-11(2)23-15/h4-8H,9H2,1-3H3. The van der Waals surface area contributed by atoms with Gasteiger partial charge in [-0.3, -0.25) is 4.79 Å². The zero-order chi connectivity index (χ0) is 16.1. The molecule has 3 aromatic heterocycles. The van der Waals surface area contributed by atoms with Crippen molar-refractivity contribution in [3.05, 3.63) is 57.0 Å². The molecule has 0 atom stereocenters. The molecule has 0 N–H and O–H groups in total. The fourth-order valence-corrected chi connectivity index (χ4v) is 3.95. The highest BCUT2D eigenvalue weighted by atomic mass is 32.1. The first-order chi connectivity index (χ1) is 11.0. The number of nitrogens with zero attached hydrogens (tertiary/aromatic N) is 4. The summed E-state index contributed by atoms with van der Waals surface area (Å²) in [4.78, 5) is 17.4. The minimum absolute atomic E-state index is 0.0747. The van der Waals surface area contributed by atoms with Crippen LogP contribution >= 0.6 is 11.3 Å². The van der Waals surface area contributed by atoms with Gasteiger partial charge in [0.2, 0.25) is 0 Å². The van der Waals surface area contributed by atoms with Crippen molar-refractivity contribution in [1.82, 2.24) is 19.3 Å². The third kappa shape index (κ3) is 2.17. The van der Waals surface area contributed by atoms with Crippen molar-refractivity contribution in [3.63, 3.8) is 0 Å².